The number of aromatic nitrogens is 1. The highest BCUT2D eigenvalue weighted by Gasteiger charge is 2.06. The third-order valence-corrected chi connectivity index (χ3v) is 1.66. The zero-order valence-electron chi connectivity index (χ0n) is 5.44. The van der Waals surface area contributed by atoms with E-state index in [9.17, 15) is 4.79 Å². The maximum atomic E-state index is 10.1. The first-order chi connectivity index (χ1) is 5.27. The van der Waals surface area contributed by atoms with Crippen LogP contribution >= 0.6 is 11.3 Å². The molecule has 0 saturated carbocycles. The van der Waals surface area contributed by atoms with Crippen LogP contribution in [0.1, 0.15) is 5.69 Å². The van der Waals surface area contributed by atoms with Crippen LogP contribution in [0.5, 0.6) is 0 Å². The molecule has 0 aliphatic heterocycles. The summed E-state index contributed by atoms with van der Waals surface area (Å²) in [7, 11) is 0. The van der Waals surface area contributed by atoms with Crippen molar-refractivity contribution >= 4 is 28.5 Å². The minimum absolute atomic E-state index is 0.0158. The Kier molecular flexibility index (Phi) is 2.17. The van der Waals surface area contributed by atoms with Gasteiger partial charge in [0.05, 0.1) is 0 Å². The zero-order valence-corrected chi connectivity index (χ0v) is 6.26. The van der Waals surface area contributed by atoms with E-state index in [0.717, 1.165) is 0 Å². The average Bonchev–Trinajstić information content (AvgIpc) is 2.39. The highest BCUT2D eigenvalue weighted by molar-refractivity contribution is 7.13. The van der Waals surface area contributed by atoms with Crippen molar-refractivity contribution in [3.8, 4) is 0 Å². The van der Waals surface area contributed by atoms with Gasteiger partial charge in [-0.3, -0.25) is 4.79 Å². The van der Waals surface area contributed by atoms with Gasteiger partial charge in [0.1, 0.15) is 5.69 Å². The molecule has 0 saturated heterocycles. The number of nitrogens with two attached hydrogens (primary N) is 2. The molecule has 0 aliphatic carbocycles. The number of hydrogen-bond acceptors (Lipinski definition) is 6. The molecule has 0 fully saturated rings. The van der Waals surface area contributed by atoms with E-state index in [0.29, 0.717) is 10.8 Å². The molecular formula is C5H5N4OS. The van der Waals surface area contributed by atoms with Crippen molar-refractivity contribution < 1.29 is 4.79 Å². The van der Waals surface area contributed by atoms with Gasteiger partial charge in [-0.1, -0.05) is 0 Å². The van der Waals surface area contributed by atoms with Crippen LogP contribution in [0.2, 0.25) is 0 Å². The molecule has 5 nitrogen and oxygen atoms in total. The van der Waals surface area contributed by atoms with Crippen LogP contribution in [0.3, 0.4) is 0 Å². The fourth-order valence-electron chi connectivity index (χ4n) is 0.541. The normalized spacial score (nSPS) is 11.5. The molecule has 1 aromatic heterocycles. The summed E-state index contributed by atoms with van der Waals surface area (Å²) in [5, 5.41) is 5.13. The van der Waals surface area contributed by atoms with Crippen LogP contribution in [0.25, 0.3) is 0 Å². The fourth-order valence-corrected chi connectivity index (χ4v) is 1.09. The molecule has 0 aromatic carbocycles. The van der Waals surface area contributed by atoms with Crippen molar-refractivity contribution in [2.75, 3.05) is 5.73 Å². The molecule has 1 heterocycles. The predicted octanol–water partition coefficient (Wildman–Crippen LogP) is -0.502. The predicted molar refractivity (Wildman–Crippen MR) is 42.9 cm³/mol. The molecule has 0 spiro atoms. The van der Waals surface area contributed by atoms with Crippen LogP contribution in [-0.2, 0) is 4.79 Å². The first-order valence-corrected chi connectivity index (χ1v) is 3.53. The van der Waals surface area contributed by atoms with Gasteiger partial charge in [-0.15, -0.1) is 11.3 Å². The summed E-state index contributed by atoms with van der Waals surface area (Å²) >= 11 is 1.21. The Hall–Kier alpha value is -1.43. The quantitative estimate of drug-likeness (QED) is 0.354. The second kappa shape index (κ2) is 3.11. The second-order valence-corrected chi connectivity index (χ2v) is 2.54. The summed E-state index contributed by atoms with van der Waals surface area (Å²) in [5.41, 5.74) is 5.66. The van der Waals surface area contributed by atoms with Gasteiger partial charge >= 0.3 is 0 Å². The number of hydrogen-bond donors (Lipinski definition) is 2. The van der Waals surface area contributed by atoms with E-state index in [1.54, 1.807) is 11.7 Å². The number of hydrazone groups is 1. The van der Waals surface area contributed by atoms with Gasteiger partial charge in [-0.2, -0.15) is 5.10 Å². The number of carbonyl (C=O) groups excluding carboxylic acids is 1. The average molecular weight is 169 g/mol. The molecule has 11 heavy (non-hydrogen) atoms. The topological polar surface area (TPSA) is 94.4 Å². The molecule has 4 N–H and O–H groups in total. The van der Waals surface area contributed by atoms with Gasteiger partial charge in [0.2, 0.25) is 0 Å². The Balaban J connectivity index is 3.00. The highest BCUT2D eigenvalue weighted by Crippen LogP contribution is 2.10. The molecule has 57 valence electrons. The second-order valence-electron chi connectivity index (χ2n) is 1.65. The van der Waals surface area contributed by atoms with Gasteiger partial charge in [-0.25, -0.2) is 4.98 Å². The first-order valence-electron chi connectivity index (χ1n) is 2.65. The molecular weight excluding hydrogens is 164 g/mol. The lowest BCUT2D eigenvalue weighted by Crippen LogP contribution is -2.05. The maximum Gasteiger partial charge on any atom is 0.257 e. The number of rotatable bonds is 2. The molecule has 0 unspecified atom stereocenters. The Labute approximate surface area is 66.7 Å². The van der Waals surface area contributed by atoms with Crippen molar-refractivity contribution in [1.29, 1.82) is 0 Å². The molecule has 1 radical (unpaired) electrons. The maximum absolute atomic E-state index is 10.1. The monoisotopic (exact) mass is 169 g/mol. The van der Waals surface area contributed by atoms with Gasteiger partial charge in [0, 0.05) is 5.38 Å². The molecule has 0 atom stereocenters. The van der Waals surface area contributed by atoms with E-state index in [4.69, 9.17) is 11.6 Å². The third kappa shape index (κ3) is 1.53. The van der Waals surface area contributed by atoms with Crippen molar-refractivity contribution in [1.82, 2.24) is 4.98 Å². The van der Waals surface area contributed by atoms with E-state index >= 15 is 0 Å². The van der Waals surface area contributed by atoms with Crippen molar-refractivity contribution in [2.45, 2.75) is 0 Å². The largest absolute Gasteiger partial charge is 0.375 e. The summed E-state index contributed by atoms with van der Waals surface area (Å²) in [6.07, 6.45) is 1.54. The molecule has 0 amide bonds. The molecule has 1 rings (SSSR count). The standard InChI is InChI=1S/C5H5N4OS/c6-5-8-4(2-11-5)3(1-10)9-7/h2H,7H2,(H2,6,8)/b9-3-. The van der Waals surface area contributed by atoms with Crippen LogP contribution in [0.15, 0.2) is 10.5 Å². The Bertz CT molecular complexity index is 292. The van der Waals surface area contributed by atoms with Crippen molar-refractivity contribution in [2.24, 2.45) is 10.9 Å². The van der Waals surface area contributed by atoms with Gasteiger partial charge in [0.15, 0.2) is 10.8 Å². The third-order valence-electron chi connectivity index (χ3n) is 0.990. The van der Waals surface area contributed by atoms with E-state index < -0.39 is 0 Å². The molecule has 6 heteroatoms. The van der Waals surface area contributed by atoms with E-state index in [1.807, 2.05) is 0 Å². The molecule has 1 aromatic rings. The van der Waals surface area contributed by atoms with E-state index in [2.05, 4.69) is 10.1 Å². The number of nitrogens with zero attached hydrogens (tertiary/aromatic N) is 2. The van der Waals surface area contributed by atoms with E-state index in [-0.39, 0.29) is 5.71 Å². The minimum atomic E-state index is -0.0158. The summed E-state index contributed by atoms with van der Waals surface area (Å²) in [5.74, 6) is 4.87. The van der Waals surface area contributed by atoms with Gasteiger partial charge in [-0.05, 0) is 0 Å². The minimum Gasteiger partial charge on any atom is -0.375 e. The molecule has 0 bridgehead atoms. The highest BCUT2D eigenvalue weighted by atomic mass is 32.1. The summed E-state index contributed by atoms with van der Waals surface area (Å²) in [6.45, 7) is 0. The van der Waals surface area contributed by atoms with Crippen LogP contribution in [-0.4, -0.2) is 17.0 Å². The smallest absolute Gasteiger partial charge is 0.257 e. The van der Waals surface area contributed by atoms with Crippen LogP contribution < -0.4 is 11.6 Å². The summed E-state index contributed by atoms with van der Waals surface area (Å²) in [6, 6.07) is 0. The SMILES string of the molecule is N/N=C(/[C]=O)c1csc(N)n1. The lowest BCUT2D eigenvalue weighted by atomic mass is 10.3. The molecule has 0 aliphatic rings. The summed E-state index contributed by atoms with van der Waals surface area (Å²) in [4.78, 5) is 13.9. The zero-order chi connectivity index (χ0) is 8.27. The fraction of sp³-hybridized carbons (Fsp3) is 0. The van der Waals surface area contributed by atoms with Crippen LogP contribution in [0.4, 0.5) is 5.13 Å². The Morgan fingerprint density at radius 3 is 2.91 bits per heavy atom. The van der Waals surface area contributed by atoms with Crippen molar-refractivity contribution in [3.63, 3.8) is 0 Å². The van der Waals surface area contributed by atoms with Gasteiger partial charge in [0.25, 0.3) is 6.29 Å². The van der Waals surface area contributed by atoms with Crippen molar-refractivity contribution in [3.05, 3.63) is 11.1 Å². The first kappa shape index (κ1) is 7.67. The van der Waals surface area contributed by atoms with Gasteiger partial charge < -0.3 is 11.6 Å². The lowest BCUT2D eigenvalue weighted by molar-refractivity contribution is 0.566. The summed E-state index contributed by atoms with van der Waals surface area (Å²) < 4.78 is 0. The lowest BCUT2D eigenvalue weighted by Gasteiger charge is -1.85. The number of thiazole rings is 1. The number of anilines is 1. The number of nitrogen functional groups attached to an aromatic ring is 1. The van der Waals surface area contributed by atoms with E-state index in [1.165, 1.54) is 11.3 Å². The Morgan fingerprint density at radius 1 is 1.82 bits per heavy atom. The van der Waals surface area contributed by atoms with Crippen LogP contribution in [0, 0.1) is 0 Å². The Morgan fingerprint density at radius 2 is 2.55 bits per heavy atom.